The van der Waals surface area contributed by atoms with Crippen LogP contribution in [0.15, 0.2) is 48.5 Å². The van der Waals surface area contributed by atoms with Gasteiger partial charge in [-0.3, -0.25) is 4.79 Å². The van der Waals surface area contributed by atoms with E-state index in [2.05, 4.69) is 10.6 Å². The van der Waals surface area contributed by atoms with Crippen LogP contribution in [0.5, 0.6) is 0 Å². The highest BCUT2D eigenvalue weighted by Crippen LogP contribution is 2.30. The molecule has 1 fully saturated rings. The van der Waals surface area contributed by atoms with Gasteiger partial charge in [-0.2, -0.15) is 0 Å². The van der Waals surface area contributed by atoms with Gasteiger partial charge in [-0.15, -0.1) is 0 Å². The Morgan fingerprint density at radius 2 is 1.81 bits per heavy atom. The van der Waals surface area contributed by atoms with Gasteiger partial charge in [0.05, 0.1) is 5.41 Å². The Hall–Kier alpha value is -2.20. The molecule has 0 unspecified atom stereocenters. The van der Waals surface area contributed by atoms with Crippen LogP contribution >= 0.6 is 0 Å². The van der Waals surface area contributed by atoms with Gasteiger partial charge in [0, 0.05) is 13.1 Å². The predicted molar refractivity (Wildman–Crippen MR) is 107 cm³/mol. The van der Waals surface area contributed by atoms with Gasteiger partial charge in [0.2, 0.25) is 5.91 Å². The van der Waals surface area contributed by atoms with E-state index in [9.17, 15) is 9.18 Å². The number of carbonyl (C=O) groups is 1. The minimum Gasteiger partial charge on any atom is -0.355 e. The molecule has 2 aromatic rings. The quantitative estimate of drug-likeness (QED) is 0.840. The van der Waals surface area contributed by atoms with Crippen LogP contribution < -0.4 is 10.6 Å². The van der Waals surface area contributed by atoms with Gasteiger partial charge in [0.15, 0.2) is 0 Å². The van der Waals surface area contributed by atoms with E-state index < -0.39 is 5.41 Å². The minimum absolute atomic E-state index is 0.0368. The molecule has 0 radical (unpaired) electrons. The van der Waals surface area contributed by atoms with Crippen molar-refractivity contribution >= 4 is 5.91 Å². The van der Waals surface area contributed by atoms with Gasteiger partial charge in [0.25, 0.3) is 0 Å². The zero-order valence-corrected chi connectivity index (χ0v) is 16.4. The summed E-state index contributed by atoms with van der Waals surface area (Å²) < 4.78 is 13.3. The fourth-order valence-corrected chi connectivity index (χ4v) is 3.83. The number of amides is 1. The Bertz CT molecular complexity index is 768. The Labute approximate surface area is 161 Å². The molecular formula is C23H29FN2O. The molecule has 0 aromatic heterocycles. The predicted octanol–water partition coefficient (Wildman–Crippen LogP) is 3.92. The molecule has 27 heavy (non-hydrogen) atoms. The fourth-order valence-electron chi connectivity index (χ4n) is 3.83. The number of rotatable bonds is 5. The third-order valence-electron chi connectivity index (χ3n) is 5.77. The molecule has 0 bridgehead atoms. The Morgan fingerprint density at radius 1 is 1.15 bits per heavy atom. The Kier molecular flexibility index (Phi) is 5.95. The monoisotopic (exact) mass is 368 g/mol. The molecule has 0 spiro atoms. The summed E-state index contributed by atoms with van der Waals surface area (Å²) in [5.74, 6) is 0.448. The van der Waals surface area contributed by atoms with E-state index in [1.807, 2.05) is 57.2 Å². The number of aryl methyl sites for hydroxylation is 1. The van der Waals surface area contributed by atoms with E-state index in [1.54, 1.807) is 0 Å². The molecule has 0 saturated carbocycles. The van der Waals surface area contributed by atoms with E-state index in [0.717, 1.165) is 30.6 Å². The topological polar surface area (TPSA) is 41.1 Å². The summed E-state index contributed by atoms with van der Waals surface area (Å²) in [6, 6.07) is 14.9. The second-order valence-corrected chi connectivity index (χ2v) is 8.11. The first-order chi connectivity index (χ1) is 12.9. The smallest absolute Gasteiger partial charge is 0.230 e. The lowest BCUT2D eigenvalue weighted by atomic mass is 9.80. The van der Waals surface area contributed by atoms with Crippen LogP contribution in [0.2, 0.25) is 0 Å². The number of hydrogen-bond donors (Lipinski definition) is 2. The molecular weight excluding hydrogens is 339 g/mol. The molecule has 1 aliphatic rings. The first kappa shape index (κ1) is 19.6. The van der Waals surface area contributed by atoms with Crippen molar-refractivity contribution in [1.82, 2.24) is 10.6 Å². The van der Waals surface area contributed by atoms with Gasteiger partial charge in [-0.05, 0) is 68.8 Å². The van der Waals surface area contributed by atoms with E-state index in [0.29, 0.717) is 18.4 Å². The lowest BCUT2D eigenvalue weighted by Gasteiger charge is -2.34. The molecule has 144 valence electrons. The normalized spacial score (nSPS) is 20.3. The van der Waals surface area contributed by atoms with Gasteiger partial charge in [-0.25, -0.2) is 4.39 Å². The number of halogens is 1. The van der Waals surface area contributed by atoms with Crippen LogP contribution in [-0.2, 0) is 10.2 Å². The van der Waals surface area contributed by atoms with Gasteiger partial charge in [-0.1, -0.05) is 42.0 Å². The van der Waals surface area contributed by atoms with Crippen LogP contribution in [0.4, 0.5) is 4.39 Å². The second kappa shape index (κ2) is 8.22. The molecule has 2 N–H and O–H groups in total. The van der Waals surface area contributed by atoms with Crippen molar-refractivity contribution in [2.45, 2.75) is 38.5 Å². The first-order valence-electron chi connectivity index (χ1n) is 9.69. The SMILES string of the molecule is Cc1ccc(C(C)(C)C(=O)NC[C@@H]2CNCC[C@@H]2c2ccc(F)cc2)cc1. The molecule has 1 heterocycles. The summed E-state index contributed by atoms with van der Waals surface area (Å²) in [5.41, 5.74) is 2.77. The number of carbonyl (C=O) groups excluding carboxylic acids is 1. The van der Waals surface area contributed by atoms with Crippen LogP contribution in [0.3, 0.4) is 0 Å². The maximum atomic E-state index is 13.3. The van der Waals surface area contributed by atoms with E-state index in [-0.39, 0.29) is 11.7 Å². The summed E-state index contributed by atoms with van der Waals surface area (Å²) in [6.07, 6.45) is 0.994. The lowest BCUT2D eigenvalue weighted by molar-refractivity contribution is -0.125. The van der Waals surface area contributed by atoms with Gasteiger partial charge in [0.1, 0.15) is 5.82 Å². The molecule has 0 aliphatic carbocycles. The molecule has 1 aliphatic heterocycles. The maximum Gasteiger partial charge on any atom is 0.230 e. The summed E-state index contributed by atoms with van der Waals surface area (Å²) in [6.45, 7) is 8.38. The zero-order chi connectivity index (χ0) is 19.4. The zero-order valence-electron chi connectivity index (χ0n) is 16.4. The summed E-state index contributed by atoms with van der Waals surface area (Å²) in [4.78, 5) is 12.9. The van der Waals surface area contributed by atoms with Crippen molar-refractivity contribution in [2.24, 2.45) is 5.92 Å². The van der Waals surface area contributed by atoms with Crippen LogP contribution in [-0.4, -0.2) is 25.5 Å². The number of hydrogen-bond acceptors (Lipinski definition) is 2. The number of piperidine rings is 1. The summed E-state index contributed by atoms with van der Waals surface area (Å²) in [7, 11) is 0. The highest BCUT2D eigenvalue weighted by molar-refractivity contribution is 5.87. The Balaban J connectivity index is 1.67. The third-order valence-corrected chi connectivity index (χ3v) is 5.77. The molecule has 3 nitrogen and oxygen atoms in total. The molecule has 2 aromatic carbocycles. The fraction of sp³-hybridized carbons (Fsp3) is 0.435. The van der Waals surface area contributed by atoms with Crippen molar-refractivity contribution in [3.8, 4) is 0 Å². The van der Waals surface area contributed by atoms with Crippen molar-refractivity contribution in [1.29, 1.82) is 0 Å². The molecule has 3 rings (SSSR count). The second-order valence-electron chi connectivity index (χ2n) is 8.11. The van der Waals surface area contributed by atoms with E-state index in [1.165, 1.54) is 17.7 Å². The van der Waals surface area contributed by atoms with Crippen LogP contribution in [0.1, 0.15) is 42.9 Å². The van der Waals surface area contributed by atoms with Crippen molar-refractivity contribution in [3.05, 3.63) is 71.0 Å². The third kappa shape index (κ3) is 4.56. The Morgan fingerprint density at radius 3 is 2.48 bits per heavy atom. The molecule has 2 atom stereocenters. The highest BCUT2D eigenvalue weighted by Gasteiger charge is 2.32. The van der Waals surface area contributed by atoms with Crippen LogP contribution in [0, 0.1) is 18.7 Å². The van der Waals surface area contributed by atoms with E-state index >= 15 is 0 Å². The van der Waals surface area contributed by atoms with Crippen molar-refractivity contribution in [2.75, 3.05) is 19.6 Å². The average molecular weight is 368 g/mol. The number of nitrogens with one attached hydrogen (secondary N) is 2. The van der Waals surface area contributed by atoms with Crippen LogP contribution in [0.25, 0.3) is 0 Å². The van der Waals surface area contributed by atoms with E-state index in [4.69, 9.17) is 0 Å². The molecule has 1 saturated heterocycles. The molecule has 4 heteroatoms. The minimum atomic E-state index is -0.582. The largest absolute Gasteiger partial charge is 0.355 e. The van der Waals surface area contributed by atoms with Gasteiger partial charge >= 0.3 is 0 Å². The summed E-state index contributed by atoms with van der Waals surface area (Å²) >= 11 is 0. The standard InChI is InChI=1S/C23H29FN2O/c1-16-4-8-19(9-5-16)23(2,3)22(27)26-15-18-14-25-13-12-21(18)17-6-10-20(24)11-7-17/h4-11,18,21,25H,12-15H2,1-3H3,(H,26,27)/t18-,21+/m0/s1. The first-order valence-corrected chi connectivity index (χ1v) is 9.69. The maximum absolute atomic E-state index is 13.3. The van der Waals surface area contributed by atoms with Crippen molar-refractivity contribution < 1.29 is 9.18 Å². The summed E-state index contributed by atoms with van der Waals surface area (Å²) in [5, 5.41) is 6.58. The molecule has 1 amide bonds. The average Bonchev–Trinajstić information content (AvgIpc) is 2.67. The lowest BCUT2D eigenvalue weighted by Crippen LogP contribution is -2.46. The van der Waals surface area contributed by atoms with Gasteiger partial charge < -0.3 is 10.6 Å². The van der Waals surface area contributed by atoms with Crippen molar-refractivity contribution in [3.63, 3.8) is 0 Å². The highest BCUT2D eigenvalue weighted by atomic mass is 19.1. The number of benzene rings is 2.